The molecular formula is C4H7N2O. The topological polar surface area (TPSA) is 33.3 Å². The van der Waals surface area contributed by atoms with Gasteiger partial charge in [0.1, 0.15) is 0 Å². The van der Waals surface area contributed by atoms with E-state index in [4.69, 9.17) is 4.74 Å². The van der Waals surface area contributed by atoms with Gasteiger partial charge in [-0.15, -0.1) is 0 Å². The largest absolute Gasteiger partial charge is 0.347 e. The first kappa shape index (κ1) is 4.46. The van der Waals surface area contributed by atoms with Crippen LogP contribution in [0.25, 0.3) is 0 Å². The average molecular weight is 99.1 g/mol. The minimum Gasteiger partial charge on any atom is -0.347 e. The van der Waals surface area contributed by atoms with Crippen LogP contribution in [0.15, 0.2) is 6.20 Å². The lowest BCUT2D eigenvalue weighted by Gasteiger charge is -2.06. The first-order valence-corrected chi connectivity index (χ1v) is 2.05. The van der Waals surface area contributed by atoms with E-state index in [1.54, 1.807) is 13.3 Å². The van der Waals surface area contributed by atoms with E-state index in [9.17, 15) is 0 Å². The highest BCUT2D eigenvalue weighted by Crippen LogP contribution is 1.82. The fourth-order valence-corrected chi connectivity index (χ4v) is 0.403. The van der Waals surface area contributed by atoms with E-state index in [1.165, 1.54) is 0 Å². The number of hydrogen-bond donors (Lipinski definition) is 2. The Morgan fingerprint density at radius 2 is 2.71 bits per heavy atom. The summed E-state index contributed by atoms with van der Waals surface area (Å²) in [6.45, 7) is 0. The second-order valence-electron chi connectivity index (χ2n) is 1.22. The summed E-state index contributed by atoms with van der Waals surface area (Å²) in [5.74, 6) is 0. The number of nitrogens with one attached hydrogen (secondary N) is 2. The van der Waals surface area contributed by atoms with Gasteiger partial charge < -0.3 is 15.4 Å². The lowest BCUT2D eigenvalue weighted by Crippen LogP contribution is -2.32. The van der Waals surface area contributed by atoms with Crippen molar-refractivity contribution >= 4 is 0 Å². The maximum absolute atomic E-state index is 4.80. The fraction of sp³-hybridized carbons (Fsp3) is 0.500. The molecule has 1 atom stereocenters. The molecule has 0 aromatic carbocycles. The molecule has 0 spiro atoms. The zero-order valence-corrected chi connectivity index (χ0v) is 4.06. The van der Waals surface area contributed by atoms with Crippen LogP contribution in [0.4, 0.5) is 0 Å². The summed E-state index contributed by atoms with van der Waals surface area (Å²) >= 11 is 0. The second-order valence-corrected chi connectivity index (χ2v) is 1.22. The van der Waals surface area contributed by atoms with Crippen LogP contribution >= 0.6 is 0 Å². The van der Waals surface area contributed by atoms with Gasteiger partial charge in [-0.1, -0.05) is 0 Å². The summed E-state index contributed by atoms with van der Waals surface area (Å²) < 4.78 is 4.80. The highest BCUT2D eigenvalue weighted by molar-refractivity contribution is 4.78. The van der Waals surface area contributed by atoms with Crippen LogP contribution in [-0.4, -0.2) is 13.5 Å². The van der Waals surface area contributed by atoms with Gasteiger partial charge in [-0.05, 0) is 0 Å². The molecule has 7 heavy (non-hydrogen) atoms. The lowest BCUT2D eigenvalue weighted by molar-refractivity contribution is 0.0765. The zero-order valence-electron chi connectivity index (χ0n) is 4.06. The predicted molar refractivity (Wildman–Crippen MR) is 24.9 cm³/mol. The molecule has 0 aliphatic carbocycles. The van der Waals surface area contributed by atoms with E-state index in [0.29, 0.717) is 0 Å². The van der Waals surface area contributed by atoms with Crippen molar-refractivity contribution in [2.45, 2.75) is 6.35 Å². The predicted octanol–water partition coefficient (Wildman–Crippen LogP) is -0.616. The van der Waals surface area contributed by atoms with Crippen molar-refractivity contribution in [3.63, 3.8) is 0 Å². The molecule has 0 saturated heterocycles. The van der Waals surface area contributed by atoms with Crippen molar-refractivity contribution in [2.24, 2.45) is 0 Å². The van der Waals surface area contributed by atoms with E-state index in [1.807, 2.05) is 0 Å². The third kappa shape index (κ3) is 0.838. The van der Waals surface area contributed by atoms with E-state index in [-0.39, 0.29) is 6.35 Å². The number of methoxy groups -OCH3 is 1. The Hall–Kier alpha value is -0.700. The van der Waals surface area contributed by atoms with E-state index < -0.39 is 0 Å². The molecule has 0 aromatic rings. The van der Waals surface area contributed by atoms with E-state index in [0.717, 1.165) is 0 Å². The monoisotopic (exact) mass is 99.1 g/mol. The second kappa shape index (κ2) is 1.84. The summed E-state index contributed by atoms with van der Waals surface area (Å²) in [6, 6.07) is 0. The summed E-state index contributed by atoms with van der Waals surface area (Å²) in [6.07, 6.45) is 4.32. The van der Waals surface area contributed by atoms with Gasteiger partial charge >= 0.3 is 0 Å². The zero-order chi connectivity index (χ0) is 5.11. The van der Waals surface area contributed by atoms with Crippen molar-refractivity contribution in [3.8, 4) is 0 Å². The van der Waals surface area contributed by atoms with Crippen LogP contribution in [0, 0.1) is 6.20 Å². The van der Waals surface area contributed by atoms with Gasteiger partial charge in [0.15, 0.2) is 0 Å². The number of ether oxygens (including phenoxy) is 1. The van der Waals surface area contributed by atoms with Gasteiger partial charge in [-0.2, -0.15) is 0 Å². The Kier molecular flexibility index (Phi) is 1.17. The van der Waals surface area contributed by atoms with Gasteiger partial charge in [0.05, 0.1) is 6.20 Å². The molecule has 2 N–H and O–H groups in total. The Balaban J connectivity index is 2.22. The van der Waals surface area contributed by atoms with Crippen LogP contribution in [0.2, 0.25) is 0 Å². The molecule has 1 heterocycles. The molecule has 0 saturated carbocycles. The number of rotatable bonds is 1. The van der Waals surface area contributed by atoms with Crippen molar-refractivity contribution < 1.29 is 4.74 Å². The Bertz CT molecular complexity index is 73.8. The van der Waals surface area contributed by atoms with Crippen molar-refractivity contribution in [1.82, 2.24) is 10.6 Å². The van der Waals surface area contributed by atoms with Gasteiger partial charge in [0.2, 0.25) is 6.35 Å². The van der Waals surface area contributed by atoms with Gasteiger partial charge in [-0.3, -0.25) is 0 Å². The molecule has 1 aliphatic heterocycles. The third-order valence-electron chi connectivity index (χ3n) is 0.757. The molecule has 1 radical (unpaired) electrons. The van der Waals surface area contributed by atoms with Crippen LogP contribution in [0.5, 0.6) is 0 Å². The quantitative estimate of drug-likeness (QED) is 0.460. The maximum atomic E-state index is 4.80. The normalized spacial score (nSPS) is 19.0. The maximum Gasteiger partial charge on any atom is 0.204 e. The molecule has 39 valence electrons. The van der Waals surface area contributed by atoms with E-state index >= 15 is 0 Å². The minimum absolute atomic E-state index is 0.0694. The summed E-state index contributed by atoms with van der Waals surface area (Å²) in [4.78, 5) is 0. The Morgan fingerprint density at radius 3 is 3.00 bits per heavy atom. The molecule has 0 aromatic heterocycles. The molecule has 0 bridgehead atoms. The first-order chi connectivity index (χ1) is 3.43. The molecule has 0 amide bonds. The van der Waals surface area contributed by atoms with Gasteiger partial charge in [0.25, 0.3) is 0 Å². The minimum atomic E-state index is -0.0694. The van der Waals surface area contributed by atoms with Gasteiger partial charge in [-0.25, -0.2) is 0 Å². The standard InChI is InChI=1S/C4H7N2O/c1-7-4-5-2-3-6-4/h2,4-6H,1H3. The van der Waals surface area contributed by atoms with Crippen molar-refractivity contribution in [1.29, 1.82) is 0 Å². The molecule has 3 nitrogen and oxygen atoms in total. The van der Waals surface area contributed by atoms with Crippen molar-refractivity contribution in [3.05, 3.63) is 12.4 Å². The number of hydrogen-bond acceptors (Lipinski definition) is 3. The van der Waals surface area contributed by atoms with Gasteiger partial charge in [0, 0.05) is 13.3 Å². The Labute approximate surface area is 42.4 Å². The third-order valence-corrected chi connectivity index (χ3v) is 0.757. The molecular weight excluding hydrogens is 92.1 g/mol. The highest BCUT2D eigenvalue weighted by atomic mass is 16.5. The molecule has 1 unspecified atom stereocenters. The fourth-order valence-electron chi connectivity index (χ4n) is 0.403. The van der Waals surface area contributed by atoms with Crippen LogP contribution in [-0.2, 0) is 4.74 Å². The molecule has 0 fully saturated rings. The van der Waals surface area contributed by atoms with E-state index in [2.05, 4.69) is 16.8 Å². The van der Waals surface area contributed by atoms with Crippen molar-refractivity contribution in [2.75, 3.05) is 7.11 Å². The van der Waals surface area contributed by atoms with Crippen LogP contribution in [0.1, 0.15) is 0 Å². The lowest BCUT2D eigenvalue weighted by atomic mass is 11.0. The molecule has 1 aliphatic rings. The average Bonchev–Trinajstić information content (AvgIpc) is 2.14. The SMILES string of the molecule is COC1N[C]=CN1. The van der Waals surface area contributed by atoms with Crippen LogP contribution < -0.4 is 10.6 Å². The Morgan fingerprint density at radius 1 is 1.86 bits per heavy atom. The summed E-state index contributed by atoms with van der Waals surface area (Å²) in [5, 5.41) is 5.60. The molecule has 1 rings (SSSR count). The smallest absolute Gasteiger partial charge is 0.204 e. The summed E-state index contributed by atoms with van der Waals surface area (Å²) in [5.41, 5.74) is 0. The molecule has 3 heteroatoms. The summed E-state index contributed by atoms with van der Waals surface area (Å²) in [7, 11) is 1.62. The highest BCUT2D eigenvalue weighted by Gasteiger charge is 2.02. The first-order valence-electron chi connectivity index (χ1n) is 2.05. The van der Waals surface area contributed by atoms with Crippen LogP contribution in [0.3, 0.4) is 0 Å².